The number of methoxy groups -OCH3 is 1. The van der Waals surface area contributed by atoms with Crippen molar-refractivity contribution in [3.8, 4) is 11.4 Å². The van der Waals surface area contributed by atoms with Gasteiger partial charge in [0.2, 0.25) is 0 Å². The van der Waals surface area contributed by atoms with Gasteiger partial charge in [0.15, 0.2) is 0 Å². The summed E-state index contributed by atoms with van der Waals surface area (Å²) in [6, 6.07) is 13.6. The average Bonchev–Trinajstić information content (AvgIpc) is 3.46. The Balaban J connectivity index is 1.29. The fourth-order valence-electron chi connectivity index (χ4n) is 4.36. The first-order valence-electron chi connectivity index (χ1n) is 10.4. The zero-order valence-electron chi connectivity index (χ0n) is 17.2. The van der Waals surface area contributed by atoms with Crippen LogP contribution in [-0.2, 0) is 0 Å². The van der Waals surface area contributed by atoms with E-state index in [1.165, 1.54) is 10.9 Å². The van der Waals surface area contributed by atoms with Crippen LogP contribution in [0.3, 0.4) is 0 Å². The molecule has 4 aromatic rings. The number of piperidine rings is 1. The third-order valence-corrected chi connectivity index (χ3v) is 6.39. The van der Waals surface area contributed by atoms with Gasteiger partial charge in [0, 0.05) is 36.4 Å². The molecule has 0 aliphatic carbocycles. The minimum atomic E-state index is 0.0114. The molecule has 1 N–H and O–H groups in total. The number of para-hydroxylation sites is 1. The van der Waals surface area contributed by atoms with Gasteiger partial charge in [-0.3, -0.25) is 4.79 Å². The second-order valence-electron chi connectivity index (χ2n) is 7.85. The molecule has 1 saturated heterocycles. The van der Waals surface area contributed by atoms with E-state index < -0.39 is 0 Å². The van der Waals surface area contributed by atoms with E-state index in [1.807, 2.05) is 41.3 Å². The van der Waals surface area contributed by atoms with E-state index in [9.17, 15) is 4.79 Å². The molecule has 6 nitrogen and oxygen atoms in total. The molecule has 3 heterocycles. The van der Waals surface area contributed by atoms with Crippen LogP contribution in [0.4, 0.5) is 0 Å². The highest BCUT2D eigenvalue weighted by Gasteiger charge is 2.27. The van der Waals surface area contributed by atoms with Crippen LogP contribution in [-0.4, -0.2) is 45.8 Å². The molecule has 0 atom stereocenters. The Morgan fingerprint density at radius 3 is 2.77 bits per heavy atom. The molecule has 0 saturated carbocycles. The van der Waals surface area contributed by atoms with Crippen LogP contribution >= 0.6 is 11.6 Å². The monoisotopic (exact) mass is 434 g/mol. The van der Waals surface area contributed by atoms with E-state index in [0.29, 0.717) is 16.5 Å². The lowest BCUT2D eigenvalue weighted by atomic mass is 9.89. The molecule has 1 fully saturated rings. The van der Waals surface area contributed by atoms with Crippen LogP contribution in [0.5, 0.6) is 5.75 Å². The van der Waals surface area contributed by atoms with Gasteiger partial charge >= 0.3 is 0 Å². The summed E-state index contributed by atoms with van der Waals surface area (Å²) in [5, 5.41) is 6.14. The maximum Gasteiger partial charge on any atom is 0.257 e. The summed E-state index contributed by atoms with van der Waals surface area (Å²) >= 11 is 6.26. The highest BCUT2D eigenvalue weighted by atomic mass is 35.5. The average molecular weight is 435 g/mol. The summed E-state index contributed by atoms with van der Waals surface area (Å²) in [7, 11) is 1.69. The Hall–Kier alpha value is -3.25. The standard InChI is InChI=1S/C24H23ClN4O2/c1-31-18-6-7-22-19(12-18)20(14-26-22)16-8-10-28(11-9-16)24(30)17-13-27-29(15-17)23-5-3-2-4-21(23)25/h2-7,12-16,26H,8-11H2,1H3. The Morgan fingerprint density at radius 1 is 1.19 bits per heavy atom. The number of ether oxygens (including phenoxy) is 1. The second kappa shape index (κ2) is 8.12. The highest BCUT2D eigenvalue weighted by molar-refractivity contribution is 6.32. The van der Waals surface area contributed by atoms with Crippen LogP contribution in [0.2, 0.25) is 5.02 Å². The zero-order valence-corrected chi connectivity index (χ0v) is 18.0. The molecule has 0 radical (unpaired) electrons. The van der Waals surface area contributed by atoms with Gasteiger partial charge in [0.1, 0.15) is 5.75 Å². The third kappa shape index (κ3) is 3.68. The predicted molar refractivity (Wildman–Crippen MR) is 121 cm³/mol. The molecule has 5 rings (SSSR count). The molecule has 158 valence electrons. The van der Waals surface area contributed by atoms with Crippen LogP contribution in [0.1, 0.15) is 34.7 Å². The summed E-state index contributed by atoms with van der Waals surface area (Å²) in [5.41, 5.74) is 3.75. The number of H-pyrrole nitrogens is 1. The molecule has 7 heteroatoms. The third-order valence-electron chi connectivity index (χ3n) is 6.07. The second-order valence-corrected chi connectivity index (χ2v) is 8.25. The van der Waals surface area contributed by atoms with Crippen molar-refractivity contribution in [1.82, 2.24) is 19.7 Å². The first-order chi connectivity index (χ1) is 15.1. The smallest absolute Gasteiger partial charge is 0.257 e. The molecule has 1 amide bonds. The highest BCUT2D eigenvalue weighted by Crippen LogP contribution is 2.35. The van der Waals surface area contributed by atoms with Crippen molar-refractivity contribution < 1.29 is 9.53 Å². The van der Waals surface area contributed by atoms with Crippen molar-refractivity contribution in [3.63, 3.8) is 0 Å². The van der Waals surface area contributed by atoms with Crippen molar-refractivity contribution in [1.29, 1.82) is 0 Å². The maximum atomic E-state index is 13.0. The number of likely N-dealkylation sites (tertiary alicyclic amines) is 1. The predicted octanol–water partition coefficient (Wildman–Crippen LogP) is 5.04. The lowest BCUT2D eigenvalue weighted by molar-refractivity contribution is 0.0713. The van der Waals surface area contributed by atoms with Crippen molar-refractivity contribution in [2.24, 2.45) is 0 Å². The number of hydrogen-bond donors (Lipinski definition) is 1. The fraction of sp³-hybridized carbons (Fsp3) is 0.250. The van der Waals surface area contributed by atoms with Gasteiger partial charge in [-0.15, -0.1) is 0 Å². The molecule has 0 spiro atoms. The number of amides is 1. The van der Waals surface area contributed by atoms with E-state index in [4.69, 9.17) is 16.3 Å². The van der Waals surface area contributed by atoms with Gasteiger partial charge in [-0.2, -0.15) is 5.10 Å². The van der Waals surface area contributed by atoms with E-state index in [2.05, 4.69) is 22.3 Å². The molecule has 2 aromatic heterocycles. The van der Waals surface area contributed by atoms with Crippen LogP contribution in [0, 0.1) is 0 Å². The summed E-state index contributed by atoms with van der Waals surface area (Å²) in [6.07, 6.45) is 7.31. The molecule has 31 heavy (non-hydrogen) atoms. The number of hydrogen-bond acceptors (Lipinski definition) is 3. The molecule has 1 aliphatic heterocycles. The Labute approximate surface area is 185 Å². The Bertz CT molecular complexity index is 1240. The Kier molecular flexibility index (Phi) is 5.16. The number of aromatic nitrogens is 3. The van der Waals surface area contributed by atoms with Crippen LogP contribution in [0.25, 0.3) is 16.6 Å². The summed E-state index contributed by atoms with van der Waals surface area (Å²) < 4.78 is 7.04. The maximum absolute atomic E-state index is 13.0. The summed E-state index contributed by atoms with van der Waals surface area (Å²) in [4.78, 5) is 18.3. The van der Waals surface area contributed by atoms with Crippen LogP contribution in [0.15, 0.2) is 61.1 Å². The lowest BCUT2D eigenvalue weighted by Gasteiger charge is -2.31. The first kappa shape index (κ1) is 19.7. The normalized spacial score (nSPS) is 14.8. The minimum Gasteiger partial charge on any atom is -0.497 e. The number of benzene rings is 2. The summed E-state index contributed by atoms with van der Waals surface area (Å²) in [5.74, 6) is 1.28. The molecular weight excluding hydrogens is 412 g/mol. The van der Waals surface area contributed by atoms with Gasteiger partial charge in [-0.1, -0.05) is 23.7 Å². The van der Waals surface area contributed by atoms with E-state index in [0.717, 1.165) is 42.9 Å². The van der Waals surface area contributed by atoms with Gasteiger partial charge in [-0.05, 0) is 54.7 Å². The van der Waals surface area contributed by atoms with Gasteiger partial charge in [-0.25, -0.2) is 4.68 Å². The van der Waals surface area contributed by atoms with Crippen molar-refractivity contribution in [3.05, 3.63) is 77.2 Å². The number of fused-ring (bicyclic) bond motifs is 1. The molecular formula is C24H23ClN4O2. The Morgan fingerprint density at radius 2 is 2.00 bits per heavy atom. The number of rotatable bonds is 4. The van der Waals surface area contributed by atoms with E-state index in [-0.39, 0.29) is 5.91 Å². The van der Waals surface area contributed by atoms with Gasteiger partial charge in [0.25, 0.3) is 5.91 Å². The largest absolute Gasteiger partial charge is 0.497 e. The van der Waals surface area contributed by atoms with Crippen molar-refractivity contribution in [2.45, 2.75) is 18.8 Å². The SMILES string of the molecule is COc1ccc2[nH]cc(C3CCN(C(=O)c4cnn(-c5ccccc5Cl)c4)CC3)c2c1. The number of carbonyl (C=O) groups is 1. The zero-order chi connectivity index (χ0) is 21.4. The first-order valence-corrected chi connectivity index (χ1v) is 10.8. The van der Waals surface area contributed by atoms with Gasteiger partial charge in [0.05, 0.1) is 29.6 Å². The molecule has 0 unspecified atom stereocenters. The van der Waals surface area contributed by atoms with E-state index >= 15 is 0 Å². The minimum absolute atomic E-state index is 0.0114. The van der Waals surface area contributed by atoms with Gasteiger partial charge < -0.3 is 14.6 Å². The number of halogens is 1. The molecule has 1 aliphatic rings. The molecule has 0 bridgehead atoms. The number of carbonyl (C=O) groups excluding carboxylic acids is 1. The summed E-state index contributed by atoms with van der Waals surface area (Å²) in [6.45, 7) is 1.44. The topological polar surface area (TPSA) is 63.1 Å². The molecule has 2 aromatic carbocycles. The number of aromatic amines is 1. The van der Waals surface area contributed by atoms with Crippen molar-refractivity contribution in [2.75, 3.05) is 20.2 Å². The van der Waals surface area contributed by atoms with E-state index in [1.54, 1.807) is 24.2 Å². The lowest BCUT2D eigenvalue weighted by Crippen LogP contribution is -2.37. The number of nitrogens with one attached hydrogen (secondary N) is 1. The quantitative estimate of drug-likeness (QED) is 0.489. The van der Waals surface area contributed by atoms with Crippen LogP contribution < -0.4 is 4.74 Å². The fourth-order valence-corrected chi connectivity index (χ4v) is 4.59. The number of nitrogens with zero attached hydrogens (tertiary/aromatic N) is 3. The van der Waals surface area contributed by atoms with Crippen molar-refractivity contribution >= 4 is 28.4 Å².